The topological polar surface area (TPSA) is 96.7 Å². The summed E-state index contributed by atoms with van der Waals surface area (Å²) in [6.07, 6.45) is 4.71. The molecule has 0 aliphatic rings. The van der Waals surface area contributed by atoms with E-state index in [1.54, 1.807) is 36.7 Å². The van der Waals surface area contributed by atoms with Crippen molar-refractivity contribution >= 4 is 0 Å². The Morgan fingerprint density at radius 1 is 1.25 bits per heavy atom. The summed E-state index contributed by atoms with van der Waals surface area (Å²) in [5, 5.41) is 15.6. The van der Waals surface area contributed by atoms with Crippen molar-refractivity contribution < 1.29 is 5.11 Å². The number of hydrogen-bond donors (Lipinski definition) is 2. The van der Waals surface area contributed by atoms with E-state index in [0.717, 1.165) is 0 Å². The lowest BCUT2D eigenvalue weighted by Gasteiger charge is -2.00. The number of aliphatic hydroxyl groups is 1. The molecule has 3 heterocycles. The van der Waals surface area contributed by atoms with Gasteiger partial charge in [0, 0.05) is 24.2 Å². The molecule has 0 unspecified atom stereocenters. The fourth-order valence-corrected chi connectivity index (χ4v) is 1.79. The third-order valence-corrected chi connectivity index (χ3v) is 2.82. The van der Waals surface area contributed by atoms with Gasteiger partial charge in [0.2, 0.25) is 0 Å². The highest BCUT2D eigenvalue weighted by molar-refractivity contribution is 5.56. The Morgan fingerprint density at radius 2 is 2.15 bits per heavy atom. The van der Waals surface area contributed by atoms with Gasteiger partial charge in [-0.15, -0.1) is 0 Å². The van der Waals surface area contributed by atoms with Crippen LogP contribution in [-0.4, -0.2) is 30.1 Å². The molecule has 0 saturated carbocycles. The monoisotopic (exact) mass is 269 g/mol. The zero-order chi connectivity index (χ0) is 13.9. The molecule has 2 N–H and O–H groups in total. The maximum Gasteiger partial charge on any atom is 0.300 e. The molecule has 3 rings (SSSR count). The van der Waals surface area contributed by atoms with Crippen LogP contribution < -0.4 is 5.56 Å². The molecule has 0 saturated heterocycles. The average molecular weight is 269 g/mol. The van der Waals surface area contributed by atoms with Crippen LogP contribution in [0.15, 0.2) is 47.7 Å². The Bertz CT molecular complexity index is 761. The van der Waals surface area contributed by atoms with Crippen LogP contribution in [0.3, 0.4) is 0 Å². The van der Waals surface area contributed by atoms with Gasteiger partial charge in [-0.2, -0.15) is 9.78 Å². The molecule has 100 valence electrons. The summed E-state index contributed by atoms with van der Waals surface area (Å²) in [5.74, 6) is 0.412. The second-order valence-corrected chi connectivity index (χ2v) is 4.13. The number of nitrogens with one attached hydrogen (secondary N) is 1. The number of aromatic amines is 1. The minimum absolute atomic E-state index is 0.0912. The lowest BCUT2D eigenvalue weighted by atomic mass is 10.2. The van der Waals surface area contributed by atoms with Crippen molar-refractivity contribution in [3.63, 3.8) is 0 Å². The van der Waals surface area contributed by atoms with Crippen LogP contribution in [0.1, 0.15) is 5.56 Å². The molecule has 0 radical (unpaired) electrons. The van der Waals surface area contributed by atoms with E-state index in [1.807, 2.05) is 0 Å². The lowest BCUT2D eigenvalue weighted by molar-refractivity contribution is 0.281. The van der Waals surface area contributed by atoms with E-state index in [0.29, 0.717) is 16.9 Å². The van der Waals surface area contributed by atoms with Crippen molar-refractivity contribution in [1.29, 1.82) is 0 Å². The fraction of sp³-hybridized carbons (Fsp3) is 0.0769. The Kier molecular flexibility index (Phi) is 3.10. The quantitative estimate of drug-likeness (QED) is 0.722. The highest BCUT2D eigenvalue weighted by atomic mass is 16.3. The Hall–Kier alpha value is -2.80. The maximum absolute atomic E-state index is 12.3. The summed E-state index contributed by atoms with van der Waals surface area (Å²) in [5.41, 5.74) is 1.29. The molecule has 0 spiro atoms. The number of aromatic nitrogens is 5. The SMILES string of the molecule is O=c1c(-c2cccnc2)n[nH]n1-c1ccc(CO)cn1. The largest absolute Gasteiger partial charge is 0.392 e. The van der Waals surface area contributed by atoms with E-state index in [4.69, 9.17) is 5.11 Å². The van der Waals surface area contributed by atoms with E-state index < -0.39 is 0 Å². The highest BCUT2D eigenvalue weighted by Crippen LogP contribution is 2.10. The molecule has 20 heavy (non-hydrogen) atoms. The van der Waals surface area contributed by atoms with E-state index in [-0.39, 0.29) is 17.9 Å². The van der Waals surface area contributed by atoms with Gasteiger partial charge in [0.25, 0.3) is 0 Å². The molecule has 7 nitrogen and oxygen atoms in total. The first-order valence-electron chi connectivity index (χ1n) is 5.93. The molecule has 7 heteroatoms. The van der Waals surface area contributed by atoms with Crippen LogP contribution in [0, 0.1) is 0 Å². The maximum atomic E-state index is 12.3. The molecule has 0 atom stereocenters. The number of H-pyrrole nitrogens is 1. The summed E-state index contributed by atoms with van der Waals surface area (Å²) in [6, 6.07) is 6.83. The van der Waals surface area contributed by atoms with Gasteiger partial charge in [0.05, 0.1) is 6.61 Å². The van der Waals surface area contributed by atoms with Gasteiger partial charge in [0.1, 0.15) is 0 Å². The van der Waals surface area contributed by atoms with E-state index in [1.165, 1.54) is 10.9 Å². The number of aliphatic hydroxyl groups excluding tert-OH is 1. The Morgan fingerprint density at radius 3 is 2.80 bits per heavy atom. The van der Waals surface area contributed by atoms with Crippen LogP contribution in [0.5, 0.6) is 0 Å². The third-order valence-electron chi connectivity index (χ3n) is 2.82. The summed E-state index contributed by atoms with van der Waals surface area (Å²) < 4.78 is 1.24. The molecule has 0 aliphatic carbocycles. The predicted octanol–water partition coefficient (Wildman–Crippen LogP) is 0.510. The molecule has 0 aliphatic heterocycles. The summed E-state index contributed by atoms with van der Waals surface area (Å²) in [4.78, 5) is 20.3. The first kappa shape index (κ1) is 12.2. The van der Waals surface area contributed by atoms with Crippen molar-refractivity contribution in [3.8, 4) is 17.1 Å². The van der Waals surface area contributed by atoms with Gasteiger partial charge < -0.3 is 5.11 Å². The fourth-order valence-electron chi connectivity index (χ4n) is 1.79. The van der Waals surface area contributed by atoms with E-state index in [9.17, 15) is 4.79 Å². The van der Waals surface area contributed by atoms with Gasteiger partial charge in [-0.3, -0.25) is 9.78 Å². The van der Waals surface area contributed by atoms with Gasteiger partial charge in [-0.1, -0.05) is 6.07 Å². The molecule has 0 bridgehead atoms. The van der Waals surface area contributed by atoms with Crippen LogP contribution in [0.2, 0.25) is 0 Å². The minimum Gasteiger partial charge on any atom is -0.392 e. The molecule has 0 fully saturated rings. The van der Waals surface area contributed by atoms with Gasteiger partial charge >= 0.3 is 5.56 Å². The van der Waals surface area contributed by atoms with Crippen LogP contribution in [0.25, 0.3) is 17.1 Å². The molecule has 0 amide bonds. The second-order valence-electron chi connectivity index (χ2n) is 4.13. The summed E-state index contributed by atoms with van der Waals surface area (Å²) in [6.45, 7) is -0.0912. The zero-order valence-corrected chi connectivity index (χ0v) is 10.4. The normalized spacial score (nSPS) is 10.7. The Labute approximate surface area is 113 Å². The van der Waals surface area contributed by atoms with E-state index >= 15 is 0 Å². The van der Waals surface area contributed by atoms with Crippen LogP contribution in [0.4, 0.5) is 0 Å². The number of nitrogens with zero attached hydrogens (tertiary/aromatic N) is 4. The lowest BCUT2D eigenvalue weighted by Crippen LogP contribution is -2.17. The van der Waals surface area contributed by atoms with Crippen molar-refractivity contribution in [1.82, 2.24) is 25.0 Å². The predicted molar refractivity (Wildman–Crippen MR) is 71.1 cm³/mol. The van der Waals surface area contributed by atoms with Crippen molar-refractivity contribution in [2.75, 3.05) is 0 Å². The van der Waals surface area contributed by atoms with Crippen molar-refractivity contribution in [2.24, 2.45) is 0 Å². The average Bonchev–Trinajstić information content (AvgIpc) is 2.90. The molecule has 0 aromatic carbocycles. The number of rotatable bonds is 3. The number of hydrogen-bond acceptors (Lipinski definition) is 5. The molecular weight excluding hydrogens is 258 g/mol. The minimum atomic E-state index is -0.303. The van der Waals surface area contributed by atoms with Crippen LogP contribution in [-0.2, 0) is 6.61 Å². The number of pyridine rings is 2. The van der Waals surface area contributed by atoms with Crippen molar-refractivity contribution in [3.05, 3.63) is 58.8 Å². The first-order chi connectivity index (χ1) is 9.79. The highest BCUT2D eigenvalue weighted by Gasteiger charge is 2.12. The van der Waals surface area contributed by atoms with Gasteiger partial charge in [0.15, 0.2) is 11.5 Å². The molecule has 3 aromatic rings. The summed E-state index contributed by atoms with van der Waals surface area (Å²) >= 11 is 0. The first-order valence-corrected chi connectivity index (χ1v) is 5.93. The zero-order valence-electron chi connectivity index (χ0n) is 10.4. The van der Waals surface area contributed by atoms with E-state index in [2.05, 4.69) is 20.3 Å². The van der Waals surface area contributed by atoms with Crippen molar-refractivity contribution in [2.45, 2.75) is 6.61 Å². The molecular formula is C13H11N5O2. The third kappa shape index (κ3) is 2.10. The second kappa shape index (κ2) is 5.06. The standard InChI is InChI=1S/C13H11N5O2/c19-8-9-3-4-11(15-6-9)18-13(20)12(16-17-18)10-2-1-5-14-7-10/h1-7,17,19H,8H2. The summed E-state index contributed by atoms with van der Waals surface area (Å²) in [7, 11) is 0. The molecule has 3 aromatic heterocycles. The Balaban J connectivity index is 2.04. The van der Waals surface area contributed by atoms with Gasteiger partial charge in [-0.05, 0) is 23.8 Å². The smallest absolute Gasteiger partial charge is 0.300 e. The van der Waals surface area contributed by atoms with Gasteiger partial charge in [-0.25, -0.2) is 10.2 Å². The van der Waals surface area contributed by atoms with Crippen LogP contribution >= 0.6 is 0 Å².